The number of para-hydroxylation sites is 1. The Labute approximate surface area is 194 Å². The number of nitrogens with zero attached hydrogens (tertiary/aromatic N) is 4. The largest absolute Gasteiger partial charge is 0.444 e. The number of aromatic nitrogens is 2. The standard InChI is InChI=1S/C25H33FN4O3/c1-25(2,3)33-24(32)28(4)16-17-12-14-29(15-13-17)23(31)22-18-8-7-11-20(18)30(27-22)21-10-6-5-9-19(21)26/h5-6,9-10,17H,7-8,11-16H2,1-4H3. The lowest BCUT2D eigenvalue weighted by molar-refractivity contribution is 0.0245. The molecule has 1 aliphatic heterocycles. The number of carbonyl (C=O) groups is 2. The van der Waals surface area contributed by atoms with E-state index < -0.39 is 5.60 Å². The van der Waals surface area contributed by atoms with E-state index in [0.29, 0.717) is 36.9 Å². The molecule has 2 aromatic rings. The van der Waals surface area contributed by atoms with Crippen LogP contribution in [-0.2, 0) is 17.6 Å². The van der Waals surface area contributed by atoms with Crippen molar-refractivity contribution in [3.8, 4) is 5.69 Å². The first-order valence-corrected chi connectivity index (χ1v) is 11.7. The number of fused-ring (bicyclic) bond motifs is 1. The van der Waals surface area contributed by atoms with Crippen LogP contribution < -0.4 is 0 Å². The normalized spacial score (nSPS) is 16.6. The van der Waals surface area contributed by atoms with Gasteiger partial charge in [-0.05, 0) is 70.9 Å². The Morgan fingerprint density at radius 2 is 1.88 bits per heavy atom. The summed E-state index contributed by atoms with van der Waals surface area (Å²) in [7, 11) is 1.75. The summed E-state index contributed by atoms with van der Waals surface area (Å²) in [5.41, 5.74) is 2.22. The molecule has 0 bridgehead atoms. The van der Waals surface area contributed by atoms with E-state index in [-0.39, 0.29) is 17.8 Å². The molecule has 0 radical (unpaired) electrons. The molecule has 8 heteroatoms. The van der Waals surface area contributed by atoms with Gasteiger partial charge in [-0.15, -0.1) is 0 Å². The van der Waals surface area contributed by atoms with Gasteiger partial charge in [0, 0.05) is 37.9 Å². The number of likely N-dealkylation sites (tertiary alicyclic amines) is 1. The number of benzene rings is 1. The molecule has 4 rings (SSSR count). The van der Waals surface area contributed by atoms with Crippen molar-refractivity contribution < 1.29 is 18.7 Å². The van der Waals surface area contributed by atoms with E-state index in [2.05, 4.69) is 5.10 Å². The third-order valence-electron chi connectivity index (χ3n) is 6.35. The highest BCUT2D eigenvalue weighted by Crippen LogP contribution is 2.30. The van der Waals surface area contributed by atoms with Gasteiger partial charge >= 0.3 is 6.09 Å². The van der Waals surface area contributed by atoms with Crippen molar-refractivity contribution in [2.75, 3.05) is 26.7 Å². The molecule has 7 nitrogen and oxygen atoms in total. The maximum Gasteiger partial charge on any atom is 0.410 e. The molecule has 1 saturated heterocycles. The van der Waals surface area contributed by atoms with Gasteiger partial charge in [-0.2, -0.15) is 5.10 Å². The van der Waals surface area contributed by atoms with Crippen molar-refractivity contribution in [2.45, 2.75) is 58.5 Å². The van der Waals surface area contributed by atoms with Gasteiger partial charge in [0.2, 0.25) is 0 Å². The summed E-state index contributed by atoms with van der Waals surface area (Å²) in [5.74, 6) is -0.112. The highest BCUT2D eigenvalue weighted by atomic mass is 19.1. The van der Waals surface area contributed by atoms with E-state index in [4.69, 9.17) is 4.74 Å². The highest BCUT2D eigenvalue weighted by Gasteiger charge is 2.32. The number of carbonyl (C=O) groups excluding carboxylic acids is 2. The predicted molar refractivity (Wildman–Crippen MR) is 123 cm³/mol. The van der Waals surface area contributed by atoms with Gasteiger partial charge in [-0.3, -0.25) is 4.79 Å². The number of hydrogen-bond donors (Lipinski definition) is 0. The first-order chi connectivity index (χ1) is 15.6. The quantitative estimate of drug-likeness (QED) is 0.691. The fourth-order valence-electron chi connectivity index (χ4n) is 4.70. The SMILES string of the molecule is CN(CC1CCN(C(=O)c2nn(-c3ccccc3F)c3c2CCC3)CC1)C(=O)OC(C)(C)C. The van der Waals surface area contributed by atoms with Crippen molar-refractivity contribution >= 4 is 12.0 Å². The summed E-state index contributed by atoms with van der Waals surface area (Å²) in [5, 5.41) is 4.58. The van der Waals surface area contributed by atoms with Crippen molar-refractivity contribution in [3.05, 3.63) is 47.0 Å². The van der Waals surface area contributed by atoms with Crippen LogP contribution in [-0.4, -0.2) is 63.9 Å². The van der Waals surface area contributed by atoms with E-state index in [1.807, 2.05) is 25.7 Å². The molecule has 178 valence electrons. The maximum atomic E-state index is 14.4. The fraction of sp³-hybridized carbons (Fsp3) is 0.560. The van der Waals surface area contributed by atoms with Crippen LogP contribution in [0, 0.1) is 11.7 Å². The van der Waals surface area contributed by atoms with Crippen LogP contribution in [0.5, 0.6) is 0 Å². The van der Waals surface area contributed by atoms with E-state index >= 15 is 0 Å². The molecule has 1 fully saturated rings. The van der Waals surface area contributed by atoms with E-state index in [1.165, 1.54) is 6.07 Å². The summed E-state index contributed by atoms with van der Waals surface area (Å²) in [6.45, 7) is 7.40. The Kier molecular flexibility index (Phi) is 6.45. The molecular weight excluding hydrogens is 423 g/mol. The molecule has 1 aromatic heterocycles. The van der Waals surface area contributed by atoms with Crippen LogP contribution in [0.3, 0.4) is 0 Å². The van der Waals surface area contributed by atoms with E-state index in [9.17, 15) is 14.0 Å². The van der Waals surface area contributed by atoms with Crippen LogP contribution in [0.15, 0.2) is 24.3 Å². The first kappa shape index (κ1) is 23.3. The number of halogens is 1. The number of piperidine rings is 1. The van der Waals surface area contributed by atoms with Gasteiger partial charge in [-0.1, -0.05) is 12.1 Å². The van der Waals surface area contributed by atoms with Gasteiger partial charge < -0.3 is 14.5 Å². The monoisotopic (exact) mass is 456 g/mol. The number of ether oxygens (including phenoxy) is 1. The zero-order chi connectivity index (χ0) is 23.8. The van der Waals surface area contributed by atoms with Gasteiger partial charge in [0.1, 0.15) is 17.1 Å². The molecule has 0 N–H and O–H groups in total. The van der Waals surface area contributed by atoms with Crippen molar-refractivity contribution in [1.29, 1.82) is 0 Å². The molecular formula is C25H33FN4O3. The van der Waals surface area contributed by atoms with Crippen molar-refractivity contribution in [1.82, 2.24) is 19.6 Å². The lowest BCUT2D eigenvalue weighted by Crippen LogP contribution is -2.43. The molecule has 2 heterocycles. The van der Waals surface area contributed by atoms with Gasteiger partial charge in [0.15, 0.2) is 5.69 Å². The predicted octanol–water partition coefficient (Wildman–Crippen LogP) is 4.22. The van der Waals surface area contributed by atoms with Crippen LogP contribution in [0.25, 0.3) is 5.69 Å². The minimum Gasteiger partial charge on any atom is -0.444 e. The van der Waals surface area contributed by atoms with Crippen LogP contribution >= 0.6 is 0 Å². The lowest BCUT2D eigenvalue weighted by Gasteiger charge is -2.34. The second kappa shape index (κ2) is 9.15. The maximum absolute atomic E-state index is 14.4. The zero-order valence-corrected chi connectivity index (χ0v) is 19.9. The number of hydrogen-bond acceptors (Lipinski definition) is 4. The molecule has 0 spiro atoms. The van der Waals surface area contributed by atoms with Crippen molar-refractivity contribution in [3.63, 3.8) is 0 Å². The third-order valence-corrected chi connectivity index (χ3v) is 6.35. The molecule has 2 aliphatic rings. The Hall–Kier alpha value is -2.90. The van der Waals surface area contributed by atoms with Crippen LogP contribution in [0.2, 0.25) is 0 Å². The molecule has 2 amide bonds. The second-order valence-electron chi connectivity index (χ2n) is 10.1. The lowest BCUT2D eigenvalue weighted by atomic mass is 9.96. The van der Waals surface area contributed by atoms with Gasteiger partial charge in [0.05, 0.1) is 0 Å². The Morgan fingerprint density at radius 1 is 1.18 bits per heavy atom. The average molecular weight is 457 g/mol. The minimum absolute atomic E-state index is 0.0813. The van der Waals surface area contributed by atoms with Gasteiger partial charge in [0.25, 0.3) is 5.91 Å². The van der Waals surface area contributed by atoms with E-state index in [1.54, 1.807) is 34.8 Å². The minimum atomic E-state index is -0.520. The number of amides is 2. The average Bonchev–Trinajstić information content (AvgIpc) is 3.36. The van der Waals surface area contributed by atoms with E-state index in [0.717, 1.165) is 43.4 Å². The molecule has 0 unspecified atom stereocenters. The Bertz CT molecular complexity index is 1030. The molecule has 33 heavy (non-hydrogen) atoms. The molecule has 0 atom stereocenters. The fourth-order valence-corrected chi connectivity index (χ4v) is 4.70. The number of rotatable bonds is 4. The Balaban J connectivity index is 1.41. The molecule has 1 aliphatic carbocycles. The Morgan fingerprint density at radius 3 is 2.55 bits per heavy atom. The van der Waals surface area contributed by atoms with Crippen LogP contribution in [0.1, 0.15) is 61.8 Å². The van der Waals surface area contributed by atoms with Gasteiger partial charge in [-0.25, -0.2) is 13.9 Å². The third kappa shape index (κ3) is 5.04. The van der Waals surface area contributed by atoms with Crippen molar-refractivity contribution in [2.24, 2.45) is 5.92 Å². The molecule has 1 aromatic carbocycles. The summed E-state index contributed by atoms with van der Waals surface area (Å²) in [6.07, 6.45) is 3.84. The smallest absolute Gasteiger partial charge is 0.410 e. The molecule has 0 saturated carbocycles. The topological polar surface area (TPSA) is 67.7 Å². The first-order valence-electron chi connectivity index (χ1n) is 11.7. The summed E-state index contributed by atoms with van der Waals surface area (Å²) in [6, 6.07) is 6.54. The highest BCUT2D eigenvalue weighted by molar-refractivity contribution is 5.94. The summed E-state index contributed by atoms with van der Waals surface area (Å²) in [4.78, 5) is 29.1. The van der Waals surface area contributed by atoms with Crippen LogP contribution in [0.4, 0.5) is 9.18 Å². The summed E-state index contributed by atoms with van der Waals surface area (Å²) < 4.78 is 21.5. The zero-order valence-electron chi connectivity index (χ0n) is 19.9. The summed E-state index contributed by atoms with van der Waals surface area (Å²) >= 11 is 0. The second-order valence-corrected chi connectivity index (χ2v) is 10.1.